The van der Waals surface area contributed by atoms with Crippen LogP contribution in [0.25, 0.3) is 0 Å². The summed E-state index contributed by atoms with van der Waals surface area (Å²) in [6.07, 6.45) is 5.32. The Kier molecular flexibility index (Phi) is 10.2. The first-order chi connectivity index (χ1) is 14.5. The molecule has 31 heavy (non-hydrogen) atoms. The number of rotatable bonds is 8. The number of aliphatic imine (C=N–C) groups is 1. The first-order valence-electron chi connectivity index (χ1n) is 10.6. The highest BCUT2D eigenvalue weighted by atomic mass is 127. The number of guanidine groups is 1. The molecule has 1 fully saturated rings. The van der Waals surface area contributed by atoms with Crippen LogP contribution in [0.2, 0.25) is 0 Å². The lowest BCUT2D eigenvalue weighted by molar-refractivity contribution is 0.306. The maximum Gasteiger partial charge on any atom is 0.213 e. The summed E-state index contributed by atoms with van der Waals surface area (Å²) in [6, 6.07) is 10.5. The van der Waals surface area contributed by atoms with Crippen molar-refractivity contribution in [3.63, 3.8) is 0 Å². The quantitative estimate of drug-likeness (QED) is 0.294. The van der Waals surface area contributed by atoms with Crippen LogP contribution >= 0.6 is 24.0 Å². The van der Waals surface area contributed by atoms with E-state index in [0.717, 1.165) is 37.7 Å². The summed E-state index contributed by atoms with van der Waals surface area (Å²) >= 11 is 0. The fraction of sp³-hybridized carbons (Fsp3) is 0.524. The maximum absolute atomic E-state index is 12.0. The standard InChI is InChI=1S/C21H32N6O2S.HI/c1-3-22-21(25-19-10-13-27(14-11-19)30(28,29)4-2)24-16-20-23-12-15-26(20)17-18-8-6-5-7-9-18;/h5-9,12,15,19H,3-4,10-11,13-14,16-17H2,1-2H3,(H2,22,24,25);1H. The van der Waals surface area contributed by atoms with Gasteiger partial charge in [-0.25, -0.2) is 22.7 Å². The Morgan fingerprint density at radius 1 is 1.19 bits per heavy atom. The summed E-state index contributed by atoms with van der Waals surface area (Å²) in [5, 5.41) is 6.74. The lowest BCUT2D eigenvalue weighted by Crippen LogP contribution is -2.50. The van der Waals surface area contributed by atoms with Crippen LogP contribution in [0.15, 0.2) is 47.7 Å². The van der Waals surface area contributed by atoms with Crippen molar-refractivity contribution in [2.45, 2.75) is 45.8 Å². The molecule has 172 valence electrons. The Morgan fingerprint density at radius 2 is 1.90 bits per heavy atom. The number of hydrogen-bond acceptors (Lipinski definition) is 4. The van der Waals surface area contributed by atoms with Gasteiger partial charge in [-0.1, -0.05) is 30.3 Å². The number of hydrogen-bond donors (Lipinski definition) is 2. The van der Waals surface area contributed by atoms with Gasteiger partial charge in [-0.05, 0) is 32.3 Å². The third-order valence-corrected chi connectivity index (χ3v) is 7.15. The topological polar surface area (TPSA) is 91.6 Å². The van der Waals surface area contributed by atoms with E-state index in [1.165, 1.54) is 5.56 Å². The van der Waals surface area contributed by atoms with Gasteiger partial charge in [0.25, 0.3) is 0 Å². The molecule has 1 aliphatic rings. The lowest BCUT2D eigenvalue weighted by Gasteiger charge is -2.32. The normalized spacial score (nSPS) is 16.0. The monoisotopic (exact) mass is 560 g/mol. The molecule has 3 rings (SSSR count). The zero-order valence-corrected chi connectivity index (χ0v) is 21.3. The van der Waals surface area contributed by atoms with E-state index in [9.17, 15) is 8.42 Å². The molecule has 0 saturated carbocycles. The Bertz CT molecular complexity index is 924. The fourth-order valence-corrected chi connectivity index (χ4v) is 4.67. The maximum atomic E-state index is 12.0. The van der Waals surface area contributed by atoms with Crippen molar-refractivity contribution in [3.8, 4) is 0 Å². The largest absolute Gasteiger partial charge is 0.357 e. The molecule has 2 aromatic rings. The van der Waals surface area contributed by atoms with Crippen LogP contribution in [0.5, 0.6) is 0 Å². The highest BCUT2D eigenvalue weighted by molar-refractivity contribution is 14.0. The average molecular weight is 561 g/mol. The molecule has 1 aromatic heterocycles. The van der Waals surface area contributed by atoms with Gasteiger partial charge >= 0.3 is 0 Å². The fourth-order valence-electron chi connectivity index (χ4n) is 3.54. The molecule has 8 nitrogen and oxygen atoms in total. The van der Waals surface area contributed by atoms with Gasteiger partial charge in [-0.3, -0.25) is 0 Å². The number of nitrogens with zero attached hydrogens (tertiary/aromatic N) is 4. The Hall–Kier alpha value is -1.66. The number of benzene rings is 1. The first kappa shape index (κ1) is 25.6. The van der Waals surface area contributed by atoms with E-state index in [1.807, 2.05) is 31.3 Å². The Labute approximate surface area is 202 Å². The highest BCUT2D eigenvalue weighted by Crippen LogP contribution is 2.14. The van der Waals surface area contributed by atoms with E-state index in [1.54, 1.807) is 17.4 Å². The number of nitrogens with one attached hydrogen (secondary N) is 2. The molecule has 0 atom stereocenters. The molecule has 0 bridgehead atoms. The van der Waals surface area contributed by atoms with E-state index < -0.39 is 10.0 Å². The minimum Gasteiger partial charge on any atom is -0.357 e. The van der Waals surface area contributed by atoms with Gasteiger partial charge < -0.3 is 15.2 Å². The minimum absolute atomic E-state index is 0. The van der Waals surface area contributed by atoms with Crippen LogP contribution < -0.4 is 10.6 Å². The van der Waals surface area contributed by atoms with Crippen molar-refractivity contribution >= 4 is 40.0 Å². The number of aromatic nitrogens is 2. The first-order valence-corrected chi connectivity index (χ1v) is 12.2. The zero-order chi connectivity index (χ0) is 21.4. The molecule has 0 radical (unpaired) electrons. The highest BCUT2D eigenvalue weighted by Gasteiger charge is 2.27. The van der Waals surface area contributed by atoms with Gasteiger partial charge in [0.05, 0.1) is 5.75 Å². The number of imidazole rings is 1. The summed E-state index contributed by atoms with van der Waals surface area (Å²) in [6.45, 7) is 6.82. The predicted molar refractivity (Wildman–Crippen MR) is 135 cm³/mol. The minimum atomic E-state index is -3.11. The molecule has 2 heterocycles. The molecule has 0 aliphatic carbocycles. The van der Waals surface area contributed by atoms with Crippen molar-refractivity contribution in [3.05, 3.63) is 54.1 Å². The summed E-state index contributed by atoms with van der Waals surface area (Å²) in [7, 11) is -3.11. The van der Waals surface area contributed by atoms with Crippen LogP contribution in [0.4, 0.5) is 0 Å². The molecule has 1 saturated heterocycles. The van der Waals surface area contributed by atoms with Gasteiger partial charge in [0, 0.05) is 44.6 Å². The van der Waals surface area contributed by atoms with E-state index in [-0.39, 0.29) is 35.8 Å². The van der Waals surface area contributed by atoms with Gasteiger partial charge in [0.15, 0.2) is 5.96 Å². The Balaban J connectivity index is 0.00000341. The second kappa shape index (κ2) is 12.4. The molecule has 1 aromatic carbocycles. The summed E-state index contributed by atoms with van der Waals surface area (Å²) in [5.41, 5.74) is 1.22. The summed E-state index contributed by atoms with van der Waals surface area (Å²) < 4.78 is 27.8. The summed E-state index contributed by atoms with van der Waals surface area (Å²) in [5.74, 6) is 1.80. The van der Waals surface area contributed by atoms with Crippen molar-refractivity contribution in [1.29, 1.82) is 0 Å². The number of halogens is 1. The van der Waals surface area contributed by atoms with Crippen molar-refractivity contribution < 1.29 is 8.42 Å². The van der Waals surface area contributed by atoms with Crippen molar-refractivity contribution in [2.75, 3.05) is 25.4 Å². The van der Waals surface area contributed by atoms with Gasteiger partial charge in [-0.2, -0.15) is 0 Å². The van der Waals surface area contributed by atoms with Gasteiger partial charge in [0.1, 0.15) is 12.4 Å². The van der Waals surface area contributed by atoms with E-state index in [4.69, 9.17) is 4.99 Å². The van der Waals surface area contributed by atoms with Crippen LogP contribution in [0.3, 0.4) is 0 Å². The summed E-state index contributed by atoms with van der Waals surface area (Å²) in [4.78, 5) is 9.18. The van der Waals surface area contributed by atoms with Crippen LogP contribution in [-0.2, 0) is 23.1 Å². The third-order valence-electron chi connectivity index (χ3n) is 5.27. The van der Waals surface area contributed by atoms with Crippen molar-refractivity contribution in [2.24, 2.45) is 4.99 Å². The third kappa shape index (κ3) is 7.46. The number of piperidine rings is 1. The zero-order valence-electron chi connectivity index (χ0n) is 18.2. The SMILES string of the molecule is CCNC(=NCc1nccn1Cc1ccccc1)NC1CCN(S(=O)(=O)CC)CC1.I. The molecule has 0 spiro atoms. The smallest absolute Gasteiger partial charge is 0.213 e. The molecule has 2 N–H and O–H groups in total. The second-order valence-corrected chi connectivity index (χ2v) is 9.63. The van der Waals surface area contributed by atoms with E-state index >= 15 is 0 Å². The molecule has 10 heteroatoms. The Morgan fingerprint density at radius 3 is 2.55 bits per heavy atom. The molecular formula is C21H33IN6O2S. The molecular weight excluding hydrogens is 527 g/mol. The average Bonchev–Trinajstić information content (AvgIpc) is 3.20. The second-order valence-electron chi connectivity index (χ2n) is 7.37. The predicted octanol–water partition coefficient (Wildman–Crippen LogP) is 2.42. The van der Waals surface area contributed by atoms with E-state index in [2.05, 4.69) is 32.3 Å². The molecule has 0 amide bonds. The van der Waals surface area contributed by atoms with Crippen LogP contribution in [0, 0.1) is 0 Å². The van der Waals surface area contributed by atoms with Crippen LogP contribution in [-0.4, -0.2) is 59.7 Å². The van der Waals surface area contributed by atoms with Crippen molar-refractivity contribution in [1.82, 2.24) is 24.5 Å². The molecule has 1 aliphatic heterocycles. The van der Waals surface area contributed by atoms with E-state index in [0.29, 0.717) is 19.6 Å². The molecule has 0 unspecified atom stereocenters. The van der Waals surface area contributed by atoms with Crippen LogP contribution in [0.1, 0.15) is 38.1 Å². The van der Waals surface area contributed by atoms with Gasteiger partial charge in [-0.15, -0.1) is 24.0 Å². The number of sulfonamides is 1. The lowest BCUT2D eigenvalue weighted by atomic mass is 10.1. The van der Waals surface area contributed by atoms with Gasteiger partial charge in [0.2, 0.25) is 10.0 Å².